The van der Waals surface area contributed by atoms with Crippen LogP contribution < -0.4 is 15.4 Å². The van der Waals surface area contributed by atoms with Gasteiger partial charge in [-0.05, 0) is 44.9 Å². The lowest BCUT2D eigenvalue weighted by atomic mass is 9.89. The van der Waals surface area contributed by atoms with Gasteiger partial charge in [0.25, 0.3) is 0 Å². The van der Waals surface area contributed by atoms with E-state index in [1.54, 1.807) is 6.33 Å². The summed E-state index contributed by atoms with van der Waals surface area (Å²) in [5.74, 6) is 2.86. The number of nitrogens with zero attached hydrogens (tertiary/aromatic N) is 3. The van der Waals surface area contributed by atoms with Crippen molar-refractivity contribution in [3.63, 3.8) is 0 Å². The van der Waals surface area contributed by atoms with Gasteiger partial charge in [0.05, 0.1) is 6.10 Å². The average Bonchev–Trinajstić information content (AvgIpc) is 2.66. The first-order valence-electron chi connectivity index (χ1n) is 8.01. The maximum absolute atomic E-state index is 6.22. The summed E-state index contributed by atoms with van der Waals surface area (Å²) in [5.41, 5.74) is 6.78. The van der Waals surface area contributed by atoms with Crippen LogP contribution in [0.3, 0.4) is 0 Å². The summed E-state index contributed by atoms with van der Waals surface area (Å²) in [6.07, 6.45) is 5.28. The Morgan fingerprint density at radius 2 is 1.95 bits per heavy atom. The van der Waals surface area contributed by atoms with Gasteiger partial charge in [-0.15, -0.1) is 0 Å². The quantitative estimate of drug-likeness (QED) is 0.923. The zero-order chi connectivity index (χ0) is 15.4. The van der Waals surface area contributed by atoms with Crippen LogP contribution in [-0.2, 0) is 0 Å². The standard InChI is InChI=1S/C16H28N4O/c1-11(2)13-6-5-8-20(9-7-13)15-14(17)16(19-10-18-15)21-12(3)4/h10-13H,5-9,17H2,1-4H3. The minimum atomic E-state index is 0.0597. The van der Waals surface area contributed by atoms with E-state index in [1.807, 2.05) is 13.8 Å². The lowest BCUT2D eigenvalue weighted by molar-refractivity contribution is 0.234. The van der Waals surface area contributed by atoms with E-state index in [-0.39, 0.29) is 6.10 Å². The Hall–Kier alpha value is -1.52. The normalized spacial score (nSPS) is 19.9. The van der Waals surface area contributed by atoms with Gasteiger partial charge in [-0.25, -0.2) is 4.98 Å². The molecule has 1 aromatic rings. The van der Waals surface area contributed by atoms with Gasteiger partial charge < -0.3 is 15.4 Å². The monoisotopic (exact) mass is 292 g/mol. The molecule has 1 aliphatic heterocycles. The van der Waals surface area contributed by atoms with Crippen LogP contribution in [0, 0.1) is 11.8 Å². The molecule has 0 aromatic carbocycles. The second kappa shape index (κ2) is 6.96. The third-order valence-electron chi connectivity index (χ3n) is 4.19. The zero-order valence-electron chi connectivity index (χ0n) is 13.7. The van der Waals surface area contributed by atoms with Gasteiger partial charge in [0.2, 0.25) is 5.88 Å². The predicted octanol–water partition coefficient (Wildman–Crippen LogP) is 3.11. The molecule has 1 saturated heterocycles. The van der Waals surface area contributed by atoms with Crippen LogP contribution in [0.4, 0.5) is 11.5 Å². The largest absolute Gasteiger partial charge is 0.473 e. The number of nitrogen functional groups attached to an aromatic ring is 1. The maximum Gasteiger partial charge on any atom is 0.242 e. The third kappa shape index (κ3) is 3.99. The third-order valence-corrected chi connectivity index (χ3v) is 4.19. The van der Waals surface area contributed by atoms with Gasteiger partial charge in [-0.3, -0.25) is 0 Å². The molecule has 118 valence electrons. The highest BCUT2D eigenvalue weighted by atomic mass is 16.5. The molecule has 0 radical (unpaired) electrons. The van der Waals surface area contributed by atoms with E-state index in [2.05, 4.69) is 28.7 Å². The zero-order valence-corrected chi connectivity index (χ0v) is 13.7. The van der Waals surface area contributed by atoms with E-state index < -0.39 is 0 Å². The van der Waals surface area contributed by atoms with Crippen molar-refractivity contribution in [3.05, 3.63) is 6.33 Å². The summed E-state index contributed by atoms with van der Waals surface area (Å²) in [5, 5.41) is 0. The smallest absolute Gasteiger partial charge is 0.242 e. The first-order valence-corrected chi connectivity index (χ1v) is 8.01. The van der Waals surface area contributed by atoms with Crippen molar-refractivity contribution in [2.45, 2.75) is 53.1 Å². The van der Waals surface area contributed by atoms with Crippen LogP contribution >= 0.6 is 0 Å². The molecule has 0 spiro atoms. The first-order chi connectivity index (χ1) is 9.99. The Kier molecular flexibility index (Phi) is 5.26. The number of nitrogens with two attached hydrogens (primary N) is 1. The van der Waals surface area contributed by atoms with Gasteiger partial charge in [0.15, 0.2) is 5.82 Å². The summed E-state index contributed by atoms with van der Waals surface area (Å²) >= 11 is 0. The molecule has 21 heavy (non-hydrogen) atoms. The molecule has 5 nitrogen and oxygen atoms in total. The number of hydrogen-bond donors (Lipinski definition) is 1. The number of ether oxygens (including phenoxy) is 1. The molecule has 1 fully saturated rings. The Labute approximate surface area is 127 Å². The summed E-state index contributed by atoms with van der Waals surface area (Å²) in [6, 6.07) is 0. The van der Waals surface area contributed by atoms with E-state index in [9.17, 15) is 0 Å². The van der Waals surface area contributed by atoms with Gasteiger partial charge in [0.1, 0.15) is 12.0 Å². The van der Waals surface area contributed by atoms with Crippen molar-refractivity contribution < 1.29 is 4.74 Å². The van der Waals surface area contributed by atoms with Crippen molar-refractivity contribution in [3.8, 4) is 5.88 Å². The van der Waals surface area contributed by atoms with Gasteiger partial charge in [0, 0.05) is 13.1 Å². The molecule has 1 aromatic heterocycles. The summed E-state index contributed by atoms with van der Waals surface area (Å²) < 4.78 is 5.66. The summed E-state index contributed by atoms with van der Waals surface area (Å²) in [7, 11) is 0. The minimum absolute atomic E-state index is 0.0597. The molecule has 1 atom stereocenters. The highest BCUT2D eigenvalue weighted by molar-refractivity contribution is 5.67. The molecule has 1 aliphatic rings. The summed E-state index contributed by atoms with van der Waals surface area (Å²) in [6.45, 7) is 10.6. The fourth-order valence-electron chi connectivity index (χ4n) is 2.94. The van der Waals surface area contributed by atoms with Gasteiger partial charge in [-0.2, -0.15) is 4.98 Å². The predicted molar refractivity (Wildman–Crippen MR) is 86.6 cm³/mol. The molecule has 5 heteroatoms. The van der Waals surface area contributed by atoms with Crippen LogP contribution in [0.5, 0.6) is 5.88 Å². The number of hydrogen-bond acceptors (Lipinski definition) is 5. The molecule has 0 aliphatic carbocycles. The molecular weight excluding hydrogens is 264 g/mol. The molecule has 2 N–H and O–H groups in total. The van der Waals surface area contributed by atoms with Crippen molar-refractivity contribution in [1.29, 1.82) is 0 Å². The van der Waals surface area contributed by atoms with E-state index in [4.69, 9.17) is 10.5 Å². The summed E-state index contributed by atoms with van der Waals surface area (Å²) in [4.78, 5) is 10.8. The highest BCUT2D eigenvalue weighted by Gasteiger charge is 2.22. The van der Waals surface area contributed by atoms with Crippen molar-refractivity contribution in [2.24, 2.45) is 11.8 Å². The molecular formula is C16H28N4O. The SMILES string of the molecule is CC(C)Oc1ncnc(N2CCCC(C(C)C)CC2)c1N. The topological polar surface area (TPSA) is 64.3 Å². The average molecular weight is 292 g/mol. The van der Waals surface area contributed by atoms with Crippen molar-refractivity contribution in [2.75, 3.05) is 23.7 Å². The molecule has 0 saturated carbocycles. The molecule has 0 bridgehead atoms. The Morgan fingerprint density at radius 3 is 2.62 bits per heavy atom. The Morgan fingerprint density at radius 1 is 1.19 bits per heavy atom. The highest BCUT2D eigenvalue weighted by Crippen LogP contribution is 2.32. The van der Waals surface area contributed by atoms with Crippen LogP contribution in [0.1, 0.15) is 47.0 Å². The number of rotatable bonds is 4. The Bertz CT molecular complexity index is 462. The second-order valence-corrected chi connectivity index (χ2v) is 6.50. The van der Waals surface area contributed by atoms with Crippen LogP contribution in [0.2, 0.25) is 0 Å². The lowest BCUT2D eigenvalue weighted by Crippen LogP contribution is -2.27. The van der Waals surface area contributed by atoms with Gasteiger partial charge >= 0.3 is 0 Å². The van der Waals surface area contributed by atoms with Crippen LogP contribution in [0.15, 0.2) is 6.33 Å². The van der Waals surface area contributed by atoms with E-state index >= 15 is 0 Å². The fourth-order valence-corrected chi connectivity index (χ4v) is 2.94. The first kappa shape index (κ1) is 15.9. The fraction of sp³-hybridized carbons (Fsp3) is 0.750. The Balaban J connectivity index is 2.14. The minimum Gasteiger partial charge on any atom is -0.473 e. The van der Waals surface area contributed by atoms with Crippen molar-refractivity contribution in [1.82, 2.24) is 9.97 Å². The van der Waals surface area contributed by atoms with Crippen molar-refractivity contribution >= 4 is 11.5 Å². The molecule has 0 amide bonds. The van der Waals surface area contributed by atoms with Crippen LogP contribution in [0.25, 0.3) is 0 Å². The van der Waals surface area contributed by atoms with E-state index in [0.717, 1.165) is 30.7 Å². The molecule has 2 rings (SSSR count). The van der Waals surface area contributed by atoms with Crippen LogP contribution in [-0.4, -0.2) is 29.2 Å². The molecule has 1 unspecified atom stereocenters. The van der Waals surface area contributed by atoms with E-state index in [0.29, 0.717) is 11.6 Å². The van der Waals surface area contributed by atoms with E-state index in [1.165, 1.54) is 19.3 Å². The number of aromatic nitrogens is 2. The number of anilines is 2. The lowest BCUT2D eigenvalue weighted by Gasteiger charge is -2.24. The maximum atomic E-state index is 6.22. The molecule has 2 heterocycles. The van der Waals surface area contributed by atoms with Gasteiger partial charge in [-0.1, -0.05) is 13.8 Å². The second-order valence-electron chi connectivity index (χ2n) is 6.50.